The lowest BCUT2D eigenvalue weighted by atomic mass is 10.2. The van der Waals surface area contributed by atoms with Crippen molar-refractivity contribution in [2.45, 2.75) is 0 Å². The lowest BCUT2D eigenvalue weighted by Crippen LogP contribution is -2.43. The molecule has 148 valence electrons. The molecule has 0 unspecified atom stereocenters. The van der Waals surface area contributed by atoms with Gasteiger partial charge in [-0.25, -0.2) is 4.98 Å². The number of thiazole rings is 1. The predicted molar refractivity (Wildman–Crippen MR) is 118 cm³/mol. The average molecular weight is 415 g/mol. The summed E-state index contributed by atoms with van der Waals surface area (Å²) in [6.07, 6.45) is 0. The summed E-state index contributed by atoms with van der Waals surface area (Å²) in [5.74, 6) is 0.0907. The molecular formula is C23H17N3O3S. The topological polar surface area (TPSA) is 71.5 Å². The van der Waals surface area contributed by atoms with Gasteiger partial charge in [0.1, 0.15) is 17.3 Å². The van der Waals surface area contributed by atoms with Crippen LogP contribution >= 0.6 is 11.3 Å². The number of carbonyl (C=O) groups is 2. The van der Waals surface area contributed by atoms with Crippen LogP contribution in [0.4, 0.5) is 11.4 Å². The largest absolute Gasteiger partial charge is 0.482 e. The highest BCUT2D eigenvalue weighted by Crippen LogP contribution is 2.32. The van der Waals surface area contributed by atoms with Crippen molar-refractivity contribution in [3.8, 4) is 16.3 Å². The Bertz CT molecular complexity index is 1220. The minimum atomic E-state index is -0.271. The van der Waals surface area contributed by atoms with Crippen molar-refractivity contribution < 1.29 is 14.3 Å². The number of ether oxygens (including phenoxy) is 1. The van der Waals surface area contributed by atoms with Crippen molar-refractivity contribution >= 4 is 44.7 Å². The summed E-state index contributed by atoms with van der Waals surface area (Å²) in [4.78, 5) is 30.9. The normalized spacial score (nSPS) is 13.1. The van der Waals surface area contributed by atoms with Crippen molar-refractivity contribution in [2.24, 2.45) is 0 Å². The van der Waals surface area contributed by atoms with E-state index in [1.165, 1.54) is 4.90 Å². The molecule has 0 bridgehead atoms. The van der Waals surface area contributed by atoms with Gasteiger partial charge in [-0.2, -0.15) is 0 Å². The summed E-state index contributed by atoms with van der Waals surface area (Å²) in [6, 6.07) is 22.8. The van der Waals surface area contributed by atoms with E-state index >= 15 is 0 Å². The first-order chi connectivity index (χ1) is 14.7. The number of hydrogen-bond donors (Lipinski definition) is 1. The molecule has 1 aliphatic rings. The fourth-order valence-electron chi connectivity index (χ4n) is 3.36. The number of benzene rings is 3. The third-order valence-corrected chi connectivity index (χ3v) is 5.90. The molecule has 0 atom stereocenters. The Balaban J connectivity index is 1.29. The van der Waals surface area contributed by atoms with Gasteiger partial charge in [0.2, 0.25) is 5.91 Å². The summed E-state index contributed by atoms with van der Waals surface area (Å²) in [5, 5.41) is 3.79. The molecule has 0 aliphatic carbocycles. The van der Waals surface area contributed by atoms with Crippen molar-refractivity contribution in [3.63, 3.8) is 0 Å². The SMILES string of the molecule is O=C(CN1C(=O)COc2ccccc21)Nc1ccc(-c2nc3ccccc3s2)cc1. The van der Waals surface area contributed by atoms with Crippen LogP contribution in [0.2, 0.25) is 0 Å². The maximum absolute atomic E-state index is 12.6. The molecule has 5 rings (SSSR count). The Morgan fingerprint density at radius 3 is 2.63 bits per heavy atom. The molecule has 0 fully saturated rings. The first-order valence-electron chi connectivity index (χ1n) is 9.45. The summed E-state index contributed by atoms with van der Waals surface area (Å²) in [5.41, 5.74) is 3.24. The highest BCUT2D eigenvalue weighted by Gasteiger charge is 2.26. The van der Waals surface area contributed by atoms with E-state index in [1.54, 1.807) is 23.5 Å². The molecule has 4 aromatic rings. The zero-order valence-corrected chi connectivity index (χ0v) is 16.7. The van der Waals surface area contributed by atoms with E-state index in [0.717, 1.165) is 20.8 Å². The Morgan fingerprint density at radius 1 is 1.03 bits per heavy atom. The van der Waals surface area contributed by atoms with Crippen LogP contribution in [0.15, 0.2) is 72.8 Å². The number of hydrogen-bond acceptors (Lipinski definition) is 5. The second kappa shape index (κ2) is 7.61. The Morgan fingerprint density at radius 2 is 1.80 bits per heavy atom. The Kier molecular flexibility index (Phi) is 4.65. The van der Waals surface area contributed by atoms with E-state index < -0.39 is 0 Å². The zero-order chi connectivity index (χ0) is 20.5. The quantitative estimate of drug-likeness (QED) is 0.539. The van der Waals surface area contributed by atoms with Gasteiger partial charge in [-0.05, 0) is 48.5 Å². The monoisotopic (exact) mass is 415 g/mol. The number of para-hydroxylation sites is 3. The maximum atomic E-state index is 12.6. The van der Waals surface area contributed by atoms with Gasteiger partial charge in [0.15, 0.2) is 6.61 Å². The molecule has 1 aliphatic heterocycles. The van der Waals surface area contributed by atoms with Gasteiger partial charge in [-0.15, -0.1) is 11.3 Å². The fraction of sp³-hybridized carbons (Fsp3) is 0.0870. The number of nitrogens with zero attached hydrogens (tertiary/aromatic N) is 2. The molecule has 0 saturated carbocycles. The molecule has 30 heavy (non-hydrogen) atoms. The van der Waals surface area contributed by atoms with Crippen molar-refractivity contribution in [2.75, 3.05) is 23.4 Å². The molecule has 3 aromatic carbocycles. The van der Waals surface area contributed by atoms with Crippen LogP contribution in [0.25, 0.3) is 20.8 Å². The number of anilines is 2. The number of nitrogens with one attached hydrogen (secondary N) is 1. The molecule has 6 nitrogen and oxygen atoms in total. The molecule has 0 radical (unpaired) electrons. The minimum Gasteiger partial charge on any atom is -0.482 e. The Hall–Kier alpha value is -3.71. The lowest BCUT2D eigenvalue weighted by Gasteiger charge is -2.28. The number of amides is 2. The van der Waals surface area contributed by atoms with E-state index in [0.29, 0.717) is 17.1 Å². The Labute approximate surface area is 176 Å². The molecule has 2 heterocycles. The maximum Gasteiger partial charge on any atom is 0.265 e. The molecule has 1 N–H and O–H groups in total. The van der Waals surface area contributed by atoms with Crippen LogP contribution in [0, 0.1) is 0 Å². The third-order valence-electron chi connectivity index (χ3n) is 4.82. The highest BCUT2D eigenvalue weighted by molar-refractivity contribution is 7.21. The first kappa shape index (κ1) is 18.3. The van der Waals surface area contributed by atoms with Gasteiger partial charge < -0.3 is 10.1 Å². The molecule has 1 aromatic heterocycles. The van der Waals surface area contributed by atoms with Gasteiger partial charge in [-0.3, -0.25) is 14.5 Å². The zero-order valence-electron chi connectivity index (χ0n) is 15.9. The predicted octanol–water partition coefficient (Wildman–Crippen LogP) is 4.33. The second-order valence-corrected chi connectivity index (χ2v) is 7.88. The smallest absolute Gasteiger partial charge is 0.265 e. The van der Waals surface area contributed by atoms with Crippen molar-refractivity contribution in [1.82, 2.24) is 4.98 Å². The van der Waals surface area contributed by atoms with Gasteiger partial charge in [0.05, 0.1) is 15.9 Å². The minimum absolute atomic E-state index is 0.0683. The van der Waals surface area contributed by atoms with Gasteiger partial charge in [0, 0.05) is 11.3 Å². The van der Waals surface area contributed by atoms with E-state index in [2.05, 4.69) is 16.4 Å². The lowest BCUT2D eigenvalue weighted by molar-refractivity contribution is -0.123. The van der Waals surface area contributed by atoms with Crippen molar-refractivity contribution in [1.29, 1.82) is 0 Å². The average Bonchev–Trinajstić information content (AvgIpc) is 3.20. The summed E-state index contributed by atoms with van der Waals surface area (Å²) >= 11 is 1.63. The first-order valence-corrected chi connectivity index (χ1v) is 10.3. The molecule has 0 saturated heterocycles. The molecule has 0 spiro atoms. The number of fused-ring (bicyclic) bond motifs is 2. The van der Waals surface area contributed by atoms with E-state index in [-0.39, 0.29) is 25.0 Å². The van der Waals surface area contributed by atoms with Crippen LogP contribution in [-0.2, 0) is 9.59 Å². The van der Waals surface area contributed by atoms with Crippen LogP contribution in [0.3, 0.4) is 0 Å². The third kappa shape index (κ3) is 3.51. The summed E-state index contributed by atoms with van der Waals surface area (Å²) < 4.78 is 6.55. The van der Waals surface area contributed by atoms with E-state index in [9.17, 15) is 9.59 Å². The van der Waals surface area contributed by atoms with Crippen LogP contribution in [0.5, 0.6) is 5.75 Å². The van der Waals surface area contributed by atoms with Gasteiger partial charge >= 0.3 is 0 Å². The number of rotatable bonds is 4. The summed E-state index contributed by atoms with van der Waals surface area (Å²) in [6.45, 7) is -0.139. The van der Waals surface area contributed by atoms with Gasteiger partial charge in [-0.1, -0.05) is 24.3 Å². The molecular weight excluding hydrogens is 398 g/mol. The van der Waals surface area contributed by atoms with Crippen molar-refractivity contribution in [3.05, 3.63) is 72.8 Å². The fourth-order valence-corrected chi connectivity index (χ4v) is 4.33. The summed E-state index contributed by atoms with van der Waals surface area (Å²) in [7, 11) is 0. The number of aromatic nitrogens is 1. The van der Waals surface area contributed by atoms with Crippen LogP contribution < -0.4 is 15.0 Å². The second-order valence-electron chi connectivity index (χ2n) is 6.85. The molecule has 2 amide bonds. The highest BCUT2D eigenvalue weighted by atomic mass is 32.1. The van der Waals surface area contributed by atoms with Crippen LogP contribution in [0.1, 0.15) is 0 Å². The van der Waals surface area contributed by atoms with Gasteiger partial charge in [0.25, 0.3) is 5.91 Å². The van der Waals surface area contributed by atoms with E-state index in [1.807, 2.05) is 54.6 Å². The standard InChI is InChI=1S/C23H17N3O3S/c27-21(13-26-18-6-2-3-7-19(18)29-14-22(26)28)24-16-11-9-15(10-12-16)23-25-17-5-1-4-8-20(17)30-23/h1-12H,13-14H2,(H,24,27). The van der Waals surface area contributed by atoms with Crippen LogP contribution in [-0.4, -0.2) is 29.9 Å². The molecule has 7 heteroatoms. The van der Waals surface area contributed by atoms with E-state index in [4.69, 9.17) is 4.74 Å². The number of carbonyl (C=O) groups excluding carboxylic acids is 2.